The molecule has 2 aliphatic rings. The van der Waals surface area contributed by atoms with Crippen molar-refractivity contribution in [3.63, 3.8) is 0 Å². The van der Waals surface area contributed by atoms with Crippen molar-refractivity contribution in [3.8, 4) is 17.2 Å². The van der Waals surface area contributed by atoms with Crippen molar-refractivity contribution in [2.45, 2.75) is 125 Å². The van der Waals surface area contributed by atoms with Crippen LogP contribution in [0.25, 0.3) is 0 Å². The summed E-state index contributed by atoms with van der Waals surface area (Å²) < 4.78 is 0. The molecule has 0 amide bonds. The van der Waals surface area contributed by atoms with Gasteiger partial charge in [0.25, 0.3) is 0 Å². The van der Waals surface area contributed by atoms with Gasteiger partial charge in [-0.25, -0.2) is 0 Å². The van der Waals surface area contributed by atoms with E-state index in [0.717, 1.165) is 42.9 Å². The number of aromatic hydroxyl groups is 3. The lowest BCUT2D eigenvalue weighted by atomic mass is 9.60. The van der Waals surface area contributed by atoms with E-state index >= 15 is 0 Å². The molecule has 4 nitrogen and oxygen atoms in total. The average molecular weight is 693 g/mol. The number of Topliss-reactive ketones (excluding diaryl/α,β-unsaturated/α-hetero) is 1. The van der Waals surface area contributed by atoms with Gasteiger partial charge in [0.1, 0.15) is 23.0 Å². The number of para-hydroxylation sites is 1. The molecule has 49 heavy (non-hydrogen) atoms. The summed E-state index contributed by atoms with van der Waals surface area (Å²) in [6.07, 6.45) is 12.2. The average Bonchev–Trinajstić information content (AvgIpc) is 3.01. The second kappa shape index (κ2) is 18.9. The largest absolute Gasteiger partial charge is 0.508 e. The van der Waals surface area contributed by atoms with Gasteiger partial charge in [-0.2, -0.15) is 0 Å². The van der Waals surface area contributed by atoms with Crippen LogP contribution in [0.1, 0.15) is 131 Å². The fourth-order valence-corrected chi connectivity index (χ4v) is 8.77. The van der Waals surface area contributed by atoms with Gasteiger partial charge in [0, 0.05) is 11.8 Å². The van der Waals surface area contributed by atoms with E-state index in [1.54, 1.807) is 55.5 Å². The van der Waals surface area contributed by atoms with E-state index in [4.69, 9.17) is 5.11 Å². The van der Waals surface area contributed by atoms with Crippen LogP contribution in [0.2, 0.25) is 0 Å². The zero-order chi connectivity index (χ0) is 35.5. The summed E-state index contributed by atoms with van der Waals surface area (Å²) >= 11 is 0. The number of halogens is 1. The van der Waals surface area contributed by atoms with Gasteiger partial charge in [-0.05, 0) is 121 Å². The van der Waals surface area contributed by atoms with E-state index in [1.807, 2.05) is 30.3 Å². The third-order valence-corrected chi connectivity index (χ3v) is 11.9. The summed E-state index contributed by atoms with van der Waals surface area (Å²) in [6.45, 7) is 18.4. The molecule has 3 aromatic rings. The molecular weight excluding hydrogens is 628 g/mol. The van der Waals surface area contributed by atoms with Crippen molar-refractivity contribution in [3.05, 3.63) is 90.0 Å². The Bertz CT molecular complexity index is 1340. The molecule has 0 spiro atoms. The van der Waals surface area contributed by atoms with E-state index in [0.29, 0.717) is 33.9 Å². The molecule has 3 aromatic carbocycles. The molecule has 0 aromatic heterocycles. The molecule has 4 unspecified atom stereocenters. The molecule has 0 heterocycles. The van der Waals surface area contributed by atoms with Gasteiger partial charge >= 0.3 is 0 Å². The molecule has 3 N–H and O–H groups in total. The predicted molar refractivity (Wildman–Crippen MR) is 208 cm³/mol. The smallest absolute Gasteiger partial charge is 0.129 e. The number of ketones is 1. The number of phenols is 3. The maximum Gasteiger partial charge on any atom is 0.129 e. The molecule has 0 saturated heterocycles. The molecule has 5 rings (SSSR count). The van der Waals surface area contributed by atoms with Gasteiger partial charge < -0.3 is 20.1 Å². The van der Waals surface area contributed by atoms with E-state index in [-0.39, 0.29) is 17.8 Å². The minimum absolute atomic E-state index is 0. The summed E-state index contributed by atoms with van der Waals surface area (Å²) in [5.41, 5.74) is 3.13. The highest BCUT2D eigenvalue weighted by molar-refractivity contribution is 5.85. The van der Waals surface area contributed by atoms with Gasteiger partial charge in [-0.15, -0.1) is 12.4 Å². The number of benzene rings is 3. The second-order valence-electron chi connectivity index (χ2n) is 16.5. The fraction of sp³-hybridized carbons (Fsp3) is 0.568. The van der Waals surface area contributed by atoms with E-state index in [1.165, 1.54) is 56.1 Å². The number of phenolic OH excluding ortho intramolecular Hbond substituents is 3. The van der Waals surface area contributed by atoms with Gasteiger partial charge in [-0.1, -0.05) is 117 Å². The minimum atomic E-state index is -0.144. The first-order chi connectivity index (χ1) is 22.5. The summed E-state index contributed by atoms with van der Waals surface area (Å²) in [4.78, 5) is 11.0. The van der Waals surface area contributed by atoms with Crippen LogP contribution in [0.5, 0.6) is 17.2 Å². The molecule has 2 saturated carbocycles. The Hall–Kier alpha value is -2.98. The molecule has 2 aliphatic carbocycles. The Balaban J connectivity index is 0.000000314. The lowest BCUT2D eigenvalue weighted by Crippen LogP contribution is -2.35. The molecule has 272 valence electrons. The van der Waals surface area contributed by atoms with Crippen LogP contribution in [0.3, 0.4) is 0 Å². The van der Waals surface area contributed by atoms with Crippen molar-refractivity contribution in [1.82, 2.24) is 0 Å². The van der Waals surface area contributed by atoms with Crippen LogP contribution in [0.4, 0.5) is 0 Å². The van der Waals surface area contributed by atoms with Crippen LogP contribution in [0.15, 0.2) is 78.9 Å². The standard InChI is InChI=1S/C25H34O2.C13H24O.C6H6O.ClH/c1-18-6-5-16-24(2,3)23(18)15-17-25(4,19-7-11-21(26)12-8-19)20-9-13-22(27)14-10-20;1-10-6-5-9-13(3,4)12(10)8-7-11(2)14;7-6-4-2-1-3-5-6;/h7-14,18,23,26-27H,5-6,15-17H2,1-4H3;10,12H,5-9H2,1-4H3;1-5,7H;1H. The fourth-order valence-electron chi connectivity index (χ4n) is 8.77. The predicted octanol–water partition coefficient (Wildman–Crippen LogP) is 12.3. The molecule has 4 atom stereocenters. The highest BCUT2D eigenvalue weighted by atomic mass is 35.5. The summed E-state index contributed by atoms with van der Waals surface area (Å²) in [6, 6.07) is 24.0. The molecule has 0 bridgehead atoms. The van der Waals surface area contributed by atoms with Crippen molar-refractivity contribution < 1.29 is 20.1 Å². The summed E-state index contributed by atoms with van der Waals surface area (Å²) in [5, 5.41) is 28.1. The van der Waals surface area contributed by atoms with Crippen LogP contribution in [-0.2, 0) is 10.2 Å². The Morgan fingerprint density at radius 3 is 1.41 bits per heavy atom. The minimum Gasteiger partial charge on any atom is -0.508 e. The van der Waals surface area contributed by atoms with Crippen molar-refractivity contribution in [2.24, 2.45) is 34.5 Å². The number of hydrogen-bond donors (Lipinski definition) is 3. The van der Waals surface area contributed by atoms with E-state index in [9.17, 15) is 15.0 Å². The first kappa shape index (κ1) is 42.2. The zero-order valence-electron chi connectivity index (χ0n) is 31.5. The van der Waals surface area contributed by atoms with Crippen LogP contribution >= 0.6 is 12.4 Å². The maximum absolute atomic E-state index is 11.0. The second-order valence-corrected chi connectivity index (χ2v) is 16.5. The van der Waals surface area contributed by atoms with Gasteiger partial charge in [-0.3, -0.25) is 0 Å². The Labute approximate surface area is 304 Å². The summed E-state index contributed by atoms with van der Waals surface area (Å²) in [7, 11) is 0. The normalized spacial score (nSPS) is 22.6. The van der Waals surface area contributed by atoms with Crippen molar-refractivity contribution in [2.75, 3.05) is 0 Å². The maximum atomic E-state index is 11.0. The first-order valence-electron chi connectivity index (χ1n) is 18.4. The first-order valence-corrected chi connectivity index (χ1v) is 18.4. The number of hydrogen-bond acceptors (Lipinski definition) is 4. The molecule has 2 fully saturated rings. The Morgan fingerprint density at radius 2 is 1.06 bits per heavy atom. The van der Waals surface area contributed by atoms with Gasteiger partial charge in [0.2, 0.25) is 0 Å². The quantitative estimate of drug-likeness (QED) is 0.219. The molecular formula is C44H65ClO4. The Kier molecular flexibility index (Phi) is 16.2. The van der Waals surface area contributed by atoms with Crippen molar-refractivity contribution in [1.29, 1.82) is 0 Å². The number of carbonyl (C=O) groups is 1. The van der Waals surface area contributed by atoms with Gasteiger partial charge in [0.15, 0.2) is 0 Å². The van der Waals surface area contributed by atoms with Crippen LogP contribution in [-0.4, -0.2) is 21.1 Å². The highest BCUT2D eigenvalue weighted by Crippen LogP contribution is 2.49. The lowest BCUT2D eigenvalue weighted by Gasteiger charge is -2.45. The SMILES string of the molecule is CC(=O)CCC1C(C)CCCC1(C)C.CC1CCCC(C)(C)C1CCC(C)(c1ccc(O)cc1)c1ccc(O)cc1.Cl.Oc1ccccc1. The number of carbonyl (C=O) groups excluding carboxylic acids is 1. The van der Waals surface area contributed by atoms with Crippen molar-refractivity contribution >= 4 is 18.2 Å². The lowest BCUT2D eigenvalue weighted by molar-refractivity contribution is -0.117. The van der Waals surface area contributed by atoms with E-state index < -0.39 is 0 Å². The summed E-state index contributed by atoms with van der Waals surface area (Å²) in [5.74, 6) is 4.31. The molecule has 0 radical (unpaired) electrons. The zero-order valence-corrected chi connectivity index (χ0v) is 32.4. The van der Waals surface area contributed by atoms with Crippen LogP contribution < -0.4 is 0 Å². The monoisotopic (exact) mass is 692 g/mol. The van der Waals surface area contributed by atoms with E-state index in [2.05, 4.69) is 48.5 Å². The highest BCUT2D eigenvalue weighted by Gasteiger charge is 2.39. The third-order valence-electron chi connectivity index (χ3n) is 11.9. The molecule has 5 heteroatoms. The number of rotatable bonds is 8. The third kappa shape index (κ3) is 12.4. The molecule has 0 aliphatic heterocycles. The Morgan fingerprint density at radius 1 is 0.673 bits per heavy atom. The van der Waals surface area contributed by atoms with Gasteiger partial charge in [0.05, 0.1) is 0 Å². The van der Waals surface area contributed by atoms with Crippen LogP contribution in [0, 0.1) is 34.5 Å². The topological polar surface area (TPSA) is 77.8 Å².